The molecule has 3 nitrogen and oxygen atoms in total. The molecule has 15 heavy (non-hydrogen) atoms. The van der Waals surface area contributed by atoms with Crippen molar-refractivity contribution >= 4 is 9.53 Å². The molecular formula is C11H24O3Si. The Balaban J connectivity index is 1.87. The quantitative estimate of drug-likeness (QED) is 0.475. The average molecular weight is 232 g/mol. The van der Waals surface area contributed by atoms with Crippen LogP contribution in [0.1, 0.15) is 44.9 Å². The van der Waals surface area contributed by atoms with Gasteiger partial charge in [-0.2, -0.15) is 0 Å². The Labute approximate surface area is 95.1 Å². The van der Waals surface area contributed by atoms with Crippen LogP contribution in [0, 0.1) is 5.92 Å². The molecule has 0 amide bonds. The lowest BCUT2D eigenvalue weighted by atomic mass is 10.0. The molecule has 1 saturated carbocycles. The van der Waals surface area contributed by atoms with Crippen LogP contribution < -0.4 is 0 Å². The maximum atomic E-state index is 5.50. The van der Waals surface area contributed by atoms with Gasteiger partial charge in [-0.15, -0.1) is 0 Å². The highest BCUT2D eigenvalue weighted by atomic mass is 28.3. The van der Waals surface area contributed by atoms with E-state index in [0.717, 1.165) is 18.9 Å². The first kappa shape index (κ1) is 13.2. The third-order valence-electron chi connectivity index (χ3n) is 3.12. The van der Waals surface area contributed by atoms with Crippen LogP contribution in [-0.2, 0) is 13.3 Å². The lowest BCUT2D eigenvalue weighted by Gasteiger charge is -2.12. The molecule has 0 aromatic heterocycles. The predicted molar refractivity (Wildman–Crippen MR) is 62.9 cm³/mol. The highest BCUT2D eigenvalue weighted by Gasteiger charge is 2.14. The topological polar surface area (TPSA) is 27.7 Å². The zero-order valence-corrected chi connectivity index (χ0v) is 11.2. The van der Waals surface area contributed by atoms with Crippen LogP contribution in [0.5, 0.6) is 0 Å². The number of rotatable bonds is 8. The summed E-state index contributed by atoms with van der Waals surface area (Å²) in [7, 11) is 1.54. The van der Waals surface area contributed by atoms with Crippen molar-refractivity contribution in [2.75, 3.05) is 20.8 Å². The zero-order chi connectivity index (χ0) is 10.9. The van der Waals surface area contributed by atoms with Gasteiger partial charge in [0.1, 0.15) is 0 Å². The summed E-state index contributed by atoms with van der Waals surface area (Å²) in [5.41, 5.74) is 0. The van der Waals surface area contributed by atoms with Crippen molar-refractivity contribution in [2.45, 2.75) is 44.9 Å². The third kappa shape index (κ3) is 5.66. The van der Waals surface area contributed by atoms with Gasteiger partial charge in [0.2, 0.25) is 0 Å². The second-order valence-corrected chi connectivity index (χ2v) is 6.13. The summed E-state index contributed by atoms with van der Waals surface area (Å²) in [5, 5.41) is 0. The third-order valence-corrected chi connectivity index (χ3v) is 4.40. The Hall–Kier alpha value is 0.0969. The molecule has 0 atom stereocenters. The van der Waals surface area contributed by atoms with Crippen molar-refractivity contribution in [3.8, 4) is 0 Å². The molecule has 0 spiro atoms. The molecule has 4 heteroatoms. The molecule has 0 heterocycles. The molecule has 1 aliphatic rings. The molecule has 0 saturated heterocycles. The van der Waals surface area contributed by atoms with Crippen molar-refractivity contribution in [2.24, 2.45) is 5.92 Å². The van der Waals surface area contributed by atoms with Gasteiger partial charge in [0.15, 0.2) is 0 Å². The first-order valence-electron chi connectivity index (χ1n) is 6.04. The minimum Gasteiger partial charge on any atom is -0.379 e. The monoisotopic (exact) mass is 232 g/mol. The summed E-state index contributed by atoms with van der Waals surface area (Å²) in [6, 6.07) is 0. The van der Waals surface area contributed by atoms with E-state index in [1.807, 2.05) is 0 Å². The number of unbranched alkanes of at least 4 members (excludes halogenated alkanes) is 1. The molecule has 1 fully saturated rings. The summed E-state index contributed by atoms with van der Waals surface area (Å²) in [4.78, 5) is 0. The molecule has 90 valence electrons. The van der Waals surface area contributed by atoms with Crippen LogP contribution in [0.4, 0.5) is 0 Å². The lowest BCUT2D eigenvalue weighted by molar-refractivity contribution is 0.132. The van der Waals surface area contributed by atoms with Gasteiger partial charge in [-0.1, -0.05) is 38.5 Å². The van der Waals surface area contributed by atoms with E-state index in [4.69, 9.17) is 13.3 Å². The Morgan fingerprint density at radius 2 is 1.73 bits per heavy atom. The minimum absolute atomic E-state index is 0.797. The summed E-state index contributed by atoms with van der Waals surface area (Å²) in [5.74, 6) is 1.00. The summed E-state index contributed by atoms with van der Waals surface area (Å²) < 4.78 is 15.6. The molecule has 0 radical (unpaired) electrons. The zero-order valence-electron chi connectivity index (χ0n) is 10.0. The van der Waals surface area contributed by atoms with Crippen LogP contribution in [0.15, 0.2) is 0 Å². The van der Waals surface area contributed by atoms with Crippen molar-refractivity contribution in [3.63, 3.8) is 0 Å². The van der Waals surface area contributed by atoms with Crippen molar-refractivity contribution in [1.29, 1.82) is 0 Å². The second kappa shape index (κ2) is 8.27. The minimum atomic E-state index is -1.76. The average Bonchev–Trinajstić information content (AvgIpc) is 2.76. The van der Waals surface area contributed by atoms with Gasteiger partial charge in [0.25, 0.3) is 0 Å². The van der Waals surface area contributed by atoms with E-state index in [-0.39, 0.29) is 0 Å². The predicted octanol–water partition coefficient (Wildman–Crippen LogP) is 2.37. The summed E-state index contributed by atoms with van der Waals surface area (Å²) in [6.07, 6.45) is 9.62. The van der Waals surface area contributed by atoms with Crippen molar-refractivity contribution in [1.82, 2.24) is 0 Å². The molecular weight excluding hydrogens is 208 g/mol. The SMILES string of the molecule is CO[SiH](OC)OCCCCC1CCCC1. The summed E-state index contributed by atoms with van der Waals surface area (Å²) in [6.45, 7) is 0.797. The van der Waals surface area contributed by atoms with Crippen molar-refractivity contribution in [3.05, 3.63) is 0 Å². The number of hydrogen-bond donors (Lipinski definition) is 0. The van der Waals surface area contributed by atoms with Gasteiger partial charge in [0.05, 0.1) is 0 Å². The fraction of sp³-hybridized carbons (Fsp3) is 1.00. The van der Waals surface area contributed by atoms with Gasteiger partial charge in [-0.05, 0) is 12.3 Å². The molecule has 0 aromatic rings. The van der Waals surface area contributed by atoms with E-state index in [2.05, 4.69) is 0 Å². The molecule has 0 N–H and O–H groups in total. The first-order valence-corrected chi connectivity index (χ1v) is 7.45. The lowest BCUT2D eigenvalue weighted by Crippen LogP contribution is -2.24. The van der Waals surface area contributed by atoms with Gasteiger partial charge in [0, 0.05) is 20.8 Å². The van der Waals surface area contributed by atoms with Gasteiger partial charge in [-0.25, -0.2) is 0 Å². The highest BCUT2D eigenvalue weighted by Crippen LogP contribution is 2.28. The van der Waals surface area contributed by atoms with E-state index >= 15 is 0 Å². The maximum Gasteiger partial charge on any atom is 0.483 e. The maximum absolute atomic E-state index is 5.50. The van der Waals surface area contributed by atoms with Gasteiger partial charge >= 0.3 is 9.53 Å². The molecule has 1 aliphatic carbocycles. The second-order valence-electron chi connectivity index (χ2n) is 4.28. The highest BCUT2D eigenvalue weighted by molar-refractivity contribution is 6.36. The van der Waals surface area contributed by atoms with E-state index in [1.165, 1.54) is 38.5 Å². The fourth-order valence-electron chi connectivity index (χ4n) is 2.25. The Bertz CT molecular complexity index is 141. The van der Waals surface area contributed by atoms with Crippen molar-refractivity contribution < 1.29 is 13.3 Å². The van der Waals surface area contributed by atoms with Crippen LogP contribution in [0.25, 0.3) is 0 Å². The van der Waals surface area contributed by atoms with Crippen LogP contribution in [0.2, 0.25) is 0 Å². The fourth-order valence-corrected chi connectivity index (χ4v) is 3.07. The number of hydrogen-bond acceptors (Lipinski definition) is 3. The Kier molecular flexibility index (Phi) is 7.26. The smallest absolute Gasteiger partial charge is 0.379 e. The Morgan fingerprint density at radius 3 is 2.33 bits per heavy atom. The molecule has 0 aromatic carbocycles. The normalized spacial score (nSPS) is 17.8. The molecule has 0 bridgehead atoms. The first-order chi connectivity index (χ1) is 7.36. The molecule has 1 rings (SSSR count). The van der Waals surface area contributed by atoms with E-state index in [9.17, 15) is 0 Å². The van der Waals surface area contributed by atoms with E-state index in [0.29, 0.717) is 0 Å². The van der Waals surface area contributed by atoms with Gasteiger partial charge < -0.3 is 13.3 Å². The van der Waals surface area contributed by atoms with Crippen LogP contribution >= 0.6 is 0 Å². The Morgan fingerprint density at radius 1 is 1.07 bits per heavy atom. The standard InChI is InChI=1S/C11H24O3Si/c1-12-15(13-2)14-10-6-5-9-11-7-3-4-8-11/h11,15H,3-10H2,1-2H3. The van der Waals surface area contributed by atoms with Gasteiger partial charge in [-0.3, -0.25) is 0 Å². The molecule has 0 aliphatic heterocycles. The van der Waals surface area contributed by atoms with E-state index in [1.54, 1.807) is 14.2 Å². The van der Waals surface area contributed by atoms with Crippen LogP contribution in [-0.4, -0.2) is 30.4 Å². The molecule has 0 unspecified atom stereocenters. The van der Waals surface area contributed by atoms with E-state index < -0.39 is 9.53 Å². The largest absolute Gasteiger partial charge is 0.483 e. The van der Waals surface area contributed by atoms with Crippen LogP contribution in [0.3, 0.4) is 0 Å². The summed E-state index contributed by atoms with van der Waals surface area (Å²) >= 11 is 0.